The molecule has 0 fully saturated rings. The van der Waals surface area contributed by atoms with E-state index in [1.54, 1.807) is 14.2 Å². The third-order valence-electron chi connectivity index (χ3n) is 3.13. The predicted molar refractivity (Wildman–Crippen MR) is 79.1 cm³/mol. The molecule has 0 aliphatic rings. The minimum absolute atomic E-state index is 0.778. The fourth-order valence-corrected chi connectivity index (χ4v) is 2.15. The summed E-state index contributed by atoms with van der Waals surface area (Å²) in [5.41, 5.74) is 3.01. The van der Waals surface area contributed by atoms with Gasteiger partial charge in [0.25, 0.3) is 0 Å². The van der Waals surface area contributed by atoms with Crippen molar-refractivity contribution in [3.8, 4) is 22.8 Å². The SMILES string of the molecule is CCNCc1cn(C)nc1-c1cc(OC)ccc1OC. The molecule has 0 atom stereocenters. The first-order chi connectivity index (χ1) is 9.69. The van der Waals surface area contributed by atoms with Crippen LogP contribution in [0.25, 0.3) is 11.3 Å². The lowest BCUT2D eigenvalue weighted by Gasteiger charge is -2.10. The highest BCUT2D eigenvalue weighted by molar-refractivity contribution is 5.71. The number of methoxy groups -OCH3 is 2. The zero-order valence-corrected chi connectivity index (χ0v) is 12.4. The molecule has 1 aromatic heterocycles. The van der Waals surface area contributed by atoms with Crippen LogP contribution < -0.4 is 14.8 Å². The van der Waals surface area contributed by atoms with Gasteiger partial charge in [-0.15, -0.1) is 0 Å². The maximum absolute atomic E-state index is 5.44. The van der Waals surface area contributed by atoms with Crippen molar-refractivity contribution in [1.29, 1.82) is 0 Å². The van der Waals surface area contributed by atoms with Crippen LogP contribution in [-0.4, -0.2) is 30.5 Å². The summed E-state index contributed by atoms with van der Waals surface area (Å²) in [7, 11) is 5.24. The molecule has 1 N–H and O–H groups in total. The van der Waals surface area contributed by atoms with Crippen molar-refractivity contribution in [3.63, 3.8) is 0 Å². The maximum atomic E-state index is 5.44. The van der Waals surface area contributed by atoms with Crippen LogP contribution in [0.3, 0.4) is 0 Å². The molecule has 1 heterocycles. The lowest BCUT2D eigenvalue weighted by molar-refractivity contribution is 0.404. The summed E-state index contributed by atoms with van der Waals surface area (Å²) >= 11 is 0. The molecule has 0 amide bonds. The van der Waals surface area contributed by atoms with Crippen LogP contribution in [0.1, 0.15) is 12.5 Å². The molecule has 0 unspecified atom stereocenters. The van der Waals surface area contributed by atoms with Crippen LogP contribution in [0, 0.1) is 0 Å². The second kappa shape index (κ2) is 6.43. The topological polar surface area (TPSA) is 48.3 Å². The van der Waals surface area contributed by atoms with Crippen molar-refractivity contribution >= 4 is 0 Å². The number of benzene rings is 1. The Morgan fingerprint density at radius 1 is 1.25 bits per heavy atom. The number of aromatic nitrogens is 2. The molecule has 2 aromatic rings. The summed E-state index contributed by atoms with van der Waals surface area (Å²) < 4.78 is 12.6. The molecule has 0 saturated carbocycles. The predicted octanol–water partition coefficient (Wildman–Crippen LogP) is 2.21. The number of nitrogens with zero attached hydrogens (tertiary/aromatic N) is 2. The van der Waals surface area contributed by atoms with E-state index in [9.17, 15) is 0 Å². The summed E-state index contributed by atoms with van der Waals surface area (Å²) in [5.74, 6) is 1.59. The molecule has 108 valence electrons. The molecular formula is C15H21N3O2. The molecule has 0 aliphatic heterocycles. The standard InChI is InChI=1S/C15H21N3O2/c1-5-16-9-11-10-18(2)17-15(11)13-8-12(19-3)6-7-14(13)20-4/h6-8,10,16H,5,9H2,1-4H3. The van der Waals surface area contributed by atoms with Gasteiger partial charge < -0.3 is 14.8 Å². The lowest BCUT2D eigenvalue weighted by atomic mass is 10.1. The summed E-state index contributed by atoms with van der Waals surface area (Å²) in [6, 6.07) is 5.74. The van der Waals surface area contributed by atoms with Crippen molar-refractivity contribution in [2.24, 2.45) is 7.05 Å². The minimum Gasteiger partial charge on any atom is -0.497 e. The van der Waals surface area contributed by atoms with E-state index in [0.717, 1.165) is 41.4 Å². The number of hydrogen-bond donors (Lipinski definition) is 1. The van der Waals surface area contributed by atoms with Crippen LogP contribution in [-0.2, 0) is 13.6 Å². The second-order valence-corrected chi connectivity index (χ2v) is 4.52. The first kappa shape index (κ1) is 14.4. The van der Waals surface area contributed by atoms with E-state index in [1.165, 1.54) is 0 Å². The zero-order valence-electron chi connectivity index (χ0n) is 12.4. The summed E-state index contributed by atoms with van der Waals surface area (Å²) in [6.45, 7) is 3.78. The fourth-order valence-electron chi connectivity index (χ4n) is 2.15. The first-order valence-electron chi connectivity index (χ1n) is 6.65. The van der Waals surface area contributed by atoms with E-state index in [2.05, 4.69) is 17.3 Å². The highest BCUT2D eigenvalue weighted by Crippen LogP contribution is 2.34. The van der Waals surface area contributed by atoms with Crippen molar-refractivity contribution < 1.29 is 9.47 Å². The Hall–Kier alpha value is -2.01. The normalized spacial score (nSPS) is 10.6. The second-order valence-electron chi connectivity index (χ2n) is 4.52. The van der Waals surface area contributed by atoms with Gasteiger partial charge in [0.2, 0.25) is 0 Å². The van der Waals surface area contributed by atoms with Gasteiger partial charge >= 0.3 is 0 Å². The third-order valence-corrected chi connectivity index (χ3v) is 3.13. The van der Waals surface area contributed by atoms with Crippen molar-refractivity contribution in [2.75, 3.05) is 20.8 Å². The molecular weight excluding hydrogens is 254 g/mol. The van der Waals surface area contributed by atoms with Crippen molar-refractivity contribution in [2.45, 2.75) is 13.5 Å². The molecule has 5 nitrogen and oxygen atoms in total. The minimum atomic E-state index is 0.778. The molecule has 0 bridgehead atoms. The van der Waals surface area contributed by atoms with Gasteiger partial charge in [-0.1, -0.05) is 6.92 Å². The Morgan fingerprint density at radius 3 is 2.70 bits per heavy atom. The molecule has 1 aromatic carbocycles. The highest BCUT2D eigenvalue weighted by Gasteiger charge is 2.15. The Balaban J connectivity index is 2.49. The van der Waals surface area contributed by atoms with Gasteiger partial charge in [0.05, 0.1) is 14.2 Å². The molecule has 0 radical (unpaired) electrons. The number of nitrogens with one attached hydrogen (secondary N) is 1. The van der Waals surface area contributed by atoms with E-state index in [4.69, 9.17) is 9.47 Å². The van der Waals surface area contributed by atoms with Gasteiger partial charge in [0.15, 0.2) is 0 Å². The van der Waals surface area contributed by atoms with Crippen molar-refractivity contribution in [3.05, 3.63) is 30.0 Å². The largest absolute Gasteiger partial charge is 0.497 e. The van der Waals surface area contributed by atoms with Gasteiger partial charge in [-0.3, -0.25) is 4.68 Å². The van der Waals surface area contributed by atoms with Gasteiger partial charge in [0.1, 0.15) is 17.2 Å². The Kier molecular flexibility index (Phi) is 4.63. The average molecular weight is 275 g/mol. The summed E-state index contributed by atoms with van der Waals surface area (Å²) in [4.78, 5) is 0. The molecule has 0 spiro atoms. The van der Waals surface area contributed by atoms with Crippen molar-refractivity contribution in [1.82, 2.24) is 15.1 Å². The summed E-state index contributed by atoms with van der Waals surface area (Å²) in [6.07, 6.45) is 2.02. The number of rotatable bonds is 6. The molecule has 5 heteroatoms. The van der Waals surface area contributed by atoms with E-state index < -0.39 is 0 Å². The quantitative estimate of drug-likeness (QED) is 0.878. The van der Waals surface area contributed by atoms with E-state index in [0.29, 0.717) is 0 Å². The highest BCUT2D eigenvalue weighted by atomic mass is 16.5. The van der Waals surface area contributed by atoms with E-state index >= 15 is 0 Å². The average Bonchev–Trinajstić information content (AvgIpc) is 2.85. The maximum Gasteiger partial charge on any atom is 0.128 e. The zero-order chi connectivity index (χ0) is 14.5. The van der Waals surface area contributed by atoms with Crippen LogP contribution in [0.2, 0.25) is 0 Å². The first-order valence-corrected chi connectivity index (χ1v) is 6.65. The van der Waals surface area contributed by atoms with Crippen LogP contribution in [0.4, 0.5) is 0 Å². The monoisotopic (exact) mass is 275 g/mol. The van der Waals surface area contributed by atoms with Gasteiger partial charge in [-0.05, 0) is 24.7 Å². The Bertz CT molecular complexity index is 578. The molecule has 2 rings (SSSR count). The smallest absolute Gasteiger partial charge is 0.128 e. The van der Waals surface area contributed by atoms with E-state index in [1.807, 2.05) is 36.1 Å². The lowest BCUT2D eigenvalue weighted by Crippen LogP contribution is -2.11. The molecule has 0 saturated heterocycles. The van der Waals surface area contributed by atoms with Crippen LogP contribution >= 0.6 is 0 Å². The molecule has 0 aliphatic carbocycles. The summed E-state index contributed by atoms with van der Waals surface area (Å²) in [5, 5.41) is 7.89. The van der Waals surface area contributed by atoms with Gasteiger partial charge in [-0.2, -0.15) is 5.10 Å². The Labute approximate surface area is 119 Å². The van der Waals surface area contributed by atoms with E-state index in [-0.39, 0.29) is 0 Å². The third kappa shape index (κ3) is 2.93. The van der Waals surface area contributed by atoms with Crippen LogP contribution in [0.15, 0.2) is 24.4 Å². The van der Waals surface area contributed by atoms with Crippen LogP contribution in [0.5, 0.6) is 11.5 Å². The fraction of sp³-hybridized carbons (Fsp3) is 0.400. The number of aryl methyl sites for hydroxylation is 1. The Morgan fingerprint density at radius 2 is 2.05 bits per heavy atom. The van der Waals surface area contributed by atoms with Gasteiger partial charge in [-0.25, -0.2) is 0 Å². The molecule has 20 heavy (non-hydrogen) atoms. The number of ether oxygens (including phenoxy) is 2. The van der Waals surface area contributed by atoms with Gasteiger partial charge in [0, 0.05) is 30.9 Å². The number of hydrogen-bond acceptors (Lipinski definition) is 4.